The molecule has 1 saturated heterocycles. The average Bonchev–Trinajstić information content (AvgIpc) is 2.51. The zero-order chi connectivity index (χ0) is 17.3. The molecule has 2 fully saturated rings. The van der Waals surface area contributed by atoms with Crippen LogP contribution in [-0.4, -0.2) is 43.7 Å². The largest absolute Gasteiger partial charge is 0.319 e. The molecule has 0 aromatic carbocycles. The van der Waals surface area contributed by atoms with Gasteiger partial charge in [-0.1, -0.05) is 35.2 Å². The van der Waals surface area contributed by atoms with Crippen molar-refractivity contribution in [3.63, 3.8) is 0 Å². The van der Waals surface area contributed by atoms with Crippen LogP contribution in [-0.2, 0) is 4.79 Å². The topological polar surface area (TPSA) is 43.8 Å². The first-order chi connectivity index (χ1) is 10.7. The van der Waals surface area contributed by atoms with Gasteiger partial charge < -0.3 is 10.1 Å². The Hall–Kier alpha value is -0.130. The van der Waals surface area contributed by atoms with Crippen molar-refractivity contribution >= 4 is 21.8 Å². The molecule has 0 aromatic heterocycles. The van der Waals surface area contributed by atoms with E-state index in [0.717, 1.165) is 18.2 Å². The van der Waals surface area contributed by atoms with Gasteiger partial charge in [0.2, 0.25) is 5.91 Å². The standard InChI is InChI=1S/C18H33BrN2O2/c1-17(2)13-15(14-9-6-5-7-10-14)20(16(22)11-8-12-19)18(3,4)21(17)23/h14-15,23H,5-13H2,1-4H3. The van der Waals surface area contributed by atoms with Crippen LogP contribution in [0.4, 0.5) is 0 Å². The lowest BCUT2D eigenvalue weighted by molar-refractivity contribution is -0.299. The van der Waals surface area contributed by atoms with Gasteiger partial charge in [0.25, 0.3) is 0 Å². The summed E-state index contributed by atoms with van der Waals surface area (Å²) >= 11 is 3.42. The first-order valence-electron chi connectivity index (χ1n) is 9.09. The number of hydrogen-bond acceptors (Lipinski definition) is 3. The molecule has 1 amide bonds. The summed E-state index contributed by atoms with van der Waals surface area (Å²) in [7, 11) is 0. The van der Waals surface area contributed by atoms with Crippen LogP contribution < -0.4 is 0 Å². The second-order valence-electron chi connectivity index (χ2n) is 8.34. The zero-order valence-corrected chi connectivity index (χ0v) is 16.7. The first-order valence-corrected chi connectivity index (χ1v) is 10.2. The van der Waals surface area contributed by atoms with Crippen molar-refractivity contribution in [2.75, 3.05) is 5.33 Å². The Bertz CT molecular complexity index is 419. The second-order valence-corrected chi connectivity index (χ2v) is 9.14. The summed E-state index contributed by atoms with van der Waals surface area (Å²) in [6.45, 7) is 8.14. The van der Waals surface area contributed by atoms with Gasteiger partial charge in [-0.2, -0.15) is 5.06 Å². The van der Waals surface area contributed by atoms with Gasteiger partial charge in [-0.05, 0) is 59.3 Å². The summed E-state index contributed by atoms with van der Waals surface area (Å²) in [6, 6.07) is 0.242. The predicted octanol–water partition coefficient (Wildman–Crippen LogP) is 4.55. The normalized spacial score (nSPS) is 28.8. The number of carbonyl (C=O) groups excluding carboxylic acids is 1. The van der Waals surface area contributed by atoms with Gasteiger partial charge in [-0.15, -0.1) is 0 Å². The SMILES string of the molecule is CC1(C)CC(C2CCCCC2)N(C(=O)CCCBr)C(C)(C)N1O. The van der Waals surface area contributed by atoms with Crippen LogP contribution in [0.15, 0.2) is 0 Å². The van der Waals surface area contributed by atoms with Crippen molar-refractivity contribution in [3.05, 3.63) is 0 Å². The summed E-state index contributed by atoms with van der Waals surface area (Å²) in [6.07, 6.45) is 8.53. The van der Waals surface area contributed by atoms with Crippen molar-refractivity contribution < 1.29 is 10.0 Å². The molecule has 1 heterocycles. The molecule has 4 nitrogen and oxygen atoms in total. The van der Waals surface area contributed by atoms with Crippen molar-refractivity contribution in [3.8, 4) is 0 Å². The van der Waals surface area contributed by atoms with Crippen molar-refractivity contribution in [2.45, 2.75) is 96.3 Å². The van der Waals surface area contributed by atoms with Gasteiger partial charge in [0.1, 0.15) is 5.66 Å². The van der Waals surface area contributed by atoms with Crippen molar-refractivity contribution in [1.29, 1.82) is 0 Å². The van der Waals surface area contributed by atoms with E-state index in [4.69, 9.17) is 0 Å². The third kappa shape index (κ3) is 3.93. The lowest BCUT2D eigenvalue weighted by atomic mass is 9.75. The smallest absolute Gasteiger partial charge is 0.224 e. The Morgan fingerprint density at radius 2 is 1.78 bits per heavy atom. The molecule has 5 heteroatoms. The van der Waals surface area contributed by atoms with E-state index in [-0.39, 0.29) is 17.5 Å². The summed E-state index contributed by atoms with van der Waals surface area (Å²) in [5, 5.41) is 13.0. The molecule has 1 aliphatic carbocycles. The molecule has 1 unspecified atom stereocenters. The fraction of sp³-hybridized carbons (Fsp3) is 0.944. The van der Waals surface area contributed by atoms with Gasteiger partial charge in [-0.25, -0.2) is 0 Å². The molecule has 1 N–H and O–H groups in total. The lowest BCUT2D eigenvalue weighted by Gasteiger charge is -2.60. The van der Waals surface area contributed by atoms with E-state index in [1.54, 1.807) is 0 Å². The molecule has 134 valence electrons. The third-order valence-corrected chi connectivity index (χ3v) is 6.27. The maximum absolute atomic E-state index is 12.9. The van der Waals surface area contributed by atoms with E-state index in [0.29, 0.717) is 12.3 Å². The van der Waals surface area contributed by atoms with Gasteiger partial charge in [-0.3, -0.25) is 4.79 Å². The summed E-state index contributed by atoms with van der Waals surface area (Å²) in [4.78, 5) is 15.0. The highest BCUT2D eigenvalue weighted by atomic mass is 79.9. The van der Waals surface area contributed by atoms with Crippen LogP contribution in [0.2, 0.25) is 0 Å². The Labute approximate surface area is 149 Å². The highest BCUT2D eigenvalue weighted by Gasteiger charge is 2.53. The Morgan fingerprint density at radius 3 is 2.35 bits per heavy atom. The number of hydroxylamine groups is 2. The molecule has 0 bridgehead atoms. The summed E-state index contributed by atoms with van der Waals surface area (Å²) < 4.78 is 0. The van der Waals surface area contributed by atoms with E-state index in [9.17, 15) is 10.0 Å². The van der Waals surface area contributed by atoms with Crippen LogP contribution in [0.3, 0.4) is 0 Å². The molecule has 0 spiro atoms. The lowest BCUT2D eigenvalue weighted by Crippen LogP contribution is -2.72. The Morgan fingerprint density at radius 1 is 1.17 bits per heavy atom. The minimum Gasteiger partial charge on any atom is -0.319 e. The van der Waals surface area contributed by atoms with Gasteiger partial charge in [0, 0.05) is 23.3 Å². The maximum Gasteiger partial charge on any atom is 0.224 e. The van der Waals surface area contributed by atoms with Crippen LogP contribution in [0.5, 0.6) is 0 Å². The Kier molecular flexibility index (Phi) is 6.18. The van der Waals surface area contributed by atoms with Gasteiger partial charge in [0.05, 0.1) is 0 Å². The monoisotopic (exact) mass is 388 g/mol. The summed E-state index contributed by atoms with van der Waals surface area (Å²) in [5.74, 6) is 0.753. The fourth-order valence-electron chi connectivity index (χ4n) is 4.66. The molecule has 1 saturated carbocycles. The van der Waals surface area contributed by atoms with E-state index in [1.165, 1.54) is 37.2 Å². The molecule has 0 aromatic rings. The number of nitrogens with zero attached hydrogens (tertiary/aromatic N) is 2. The molecule has 2 rings (SSSR count). The molecule has 1 aliphatic heterocycles. The average molecular weight is 389 g/mol. The fourth-order valence-corrected chi connectivity index (χ4v) is 4.94. The predicted molar refractivity (Wildman–Crippen MR) is 96.6 cm³/mol. The number of amides is 1. The molecular weight excluding hydrogens is 356 g/mol. The van der Waals surface area contributed by atoms with Gasteiger partial charge in [0.15, 0.2) is 0 Å². The highest BCUT2D eigenvalue weighted by Crippen LogP contribution is 2.44. The maximum atomic E-state index is 12.9. The number of alkyl halides is 1. The number of halogens is 1. The second kappa shape index (κ2) is 7.40. The van der Waals surface area contributed by atoms with Crippen molar-refractivity contribution in [2.24, 2.45) is 5.92 Å². The van der Waals surface area contributed by atoms with Crippen molar-refractivity contribution in [1.82, 2.24) is 9.96 Å². The first kappa shape index (κ1) is 19.2. The molecule has 2 aliphatic rings. The molecule has 0 radical (unpaired) electrons. The zero-order valence-electron chi connectivity index (χ0n) is 15.1. The highest BCUT2D eigenvalue weighted by molar-refractivity contribution is 9.09. The van der Waals surface area contributed by atoms with Crippen LogP contribution in [0.1, 0.15) is 79.1 Å². The number of rotatable bonds is 4. The quantitative estimate of drug-likeness (QED) is 0.718. The van der Waals surface area contributed by atoms with E-state index < -0.39 is 5.66 Å². The van der Waals surface area contributed by atoms with E-state index in [2.05, 4.69) is 29.8 Å². The van der Waals surface area contributed by atoms with E-state index in [1.807, 2.05) is 18.7 Å². The number of carbonyl (C=O) groups is 1. The molecular formula is C18H33BrN2O2. The van der Waals surface area contributed by atoms with Crippen LogP contribution in [0, 0.1) is 5.92 Å². The van der Waals surface area contributed by atoms with Crippen LogP contribution in [0.25, 0.3) is 0 Å². The number of hydrogen-bond donors (Lipinski definition) is 1. The third-order valence-electron chi connectivity index (χ3n) is 5.71. The summed E-state index contributed by atoms with van der Waals surface area (Å²) in [5.41, 5.74) is -0.967. The molecule has 23 heavy (non-hydrogen) atoms. The van der Waals surface area contributed by atoms with E-state index >= 15 is 0 Å². The minimum atomic E-state index is -0.659. The Balaban J connectivity index is 2.31. The molecule has 1 atom stereocenters. The van der Waals surface area contributed by atoms with Crippen LogP contribution >= 0.6 is 15.9 Å². The van der Waals surface area contributed by atoms with Gasteiger partial charge >= 0.3 is 0 Å². The minimum absolute atomic E-state index is 0.180.